The molecule has 0 unspecified atom stereocenters. The monoisotopic (exact) mass is 235 g/mol. The molecule has 1 rings (SSSR count). The SMILES string of the molecule is CC[C@H](C)N[C@@H](C)c1ccc(OC(C)C)cc1. The molecule has 0 amide bonds. The largest absolute Gasteiger partial charge is 0.491 e. The molecule has 2 nitrogen and oxygen atoms in total. The van der Waals surface area contributed by atoms with Crippen molar-refractivity contribution in [2.75, 3.05) is 0 Å². The van der Waals surface area contributed by atoms with Gasteiger partial charge in [-0.3, -0.25) is 0 Å². The van der Waals surface area contributed by atoms with Gasteiger partial charge in [-0.1, -0.05) is 19.1 Å². The minimum Gasteiger partial charge on any atom is -0.491 e. The van der Waals surface area contributed by atoms with Crippen molar-refractivity contribution in [1.82, 2.24) is 5.32 Å². The summed E-state index contributed by atoms with van der Waals surface area (Å²) in [5.41, 5.74) is 1.31. The van der Waals surface area contributed by atoms with Crippen molar-refractivity contribution in [3.05, 3.63) is 29.8 Å². The van der Waals surface area contributed by atoms with E-state index in [2.05, 4.69) is 38.2 Å². The van der Waals surface area contributed by atoms with Crippen LogP contribution in [0, 0.1) is 0 Å². The second-order valence-corrected chi connectivity index (χ2v) is 4.93. The van der Waals surface area contributed by atoms with E-state index in [4.69, 9.17) is 4.74 Å². The summed E-state index contributed by atoms with van der Waals surface area (Å²) in [7, 11) is 0. The first-order valence-electron chi connectivity index (χ1n) is 6.55. The number of rotatable bonds is 6. The third-order valence-corrected chi connectivity index (χ3v) is 2.90. The Morgan fingerprint density at radius 1 is 1.06 bits per heavy atom. The van der Waals surface area contributed by atoms with Gasteiger partial charge in [0, 0.05) is 12.1 Å². The van der Waals surface area contributed by atoms with Gasteiger partial charge in [-0.15, -0.1) is 0 Å². The van der Waals surface area contributed by atoms with Crippen molar-refractivity contribution in [3.8, 4) is 5.75 Å². The summed E-state index contributed by atoms with van der Waals surface area (Å²) in [6.07, 6.45) is 1.38. The highest BCUT2D eigenvalue weighted by Gasteiger charge is 2.08. The standard InChI is InChI=1S/C15H25NO/c1-6-12(4)16-13(5)14-7-9-15(10-8-14)17-11(2)3/h7-13,16H,6H2,1-5H3/t12-,13-/m0/s1. The Morgan fingerprint density at radius 2 is 1.65 bits per heavy atom. The quantitative estimate of drug-likeness (QED) is 0.807. The third-order valence-electron chi connectivity index (χ3n) is 2.90. The van der Waals surface area contributed by atoms with Crippen LogP contribution in [0.25, 0.3) is 0 Å². The van der Waals surface area contributed by atoms with E-state index in [1.807, 2.05) is 26.0 Å². The molecule has 2 atom stereocenters. The van der Waals surface area contributed by atoms with E-state index in [0.29, 0.717) is 12.1 Å². The normalized spacial score (nSPS) is 14.7. The van der Waals surface area contributed by atoms with Gasteiger partial charge in [-0.25, -0.2) is 0 Å². The van der Waals surface area contributed by atoms with Gasteiger partial charge < -0.3 is 10.1 Å². The third kappa shape index (κ3) is 4.78. The zero-order valence-corrected chi connectivity index (χ0v) is 11.7. The molecule has 0 aliphatic carbocycles. The molecule has 0 heterocycles. The molecule has 0 saturated carbocycles. The lowest BCUT2D eigenvalue weighted by Crippen LogP contribution is -2.28. The highest BCUT2D eigenvalue weighted by molar-refractivity contribution is 5.29. The predicted octanol–water partition coefficient (Wildman–Crippen LogP) is 3.92. The summed E-state index contributed by atoms with van der Waals surface area (Å²) in [6, 6.07) is 9.30. The highest BCUT2D eigenvalue weighted by atomic mass is 16.5. The van der Waals surface area contributed by atoms with E-state index in [-0.39, 0.29) is 6.10 Å². The first kappa shape index (κ1) is 14.0. The second-order valence-electron chi connectivity index (χ2n) is 4.93. The molecule has 0 aliphatic heterocycles. The summed E-state index contributed by atoms with van der Waals surface area (Å²) >= 11 is 0. The first-order valence-corrected chi connectivity index (χ1v) is 6.55. The maximum absolute atomic E-state index is 5.63. The van der Waals surface area contributed by atoms with E-state index in [0.717, 1.165) is 12.2 Å². The molecule has 0 saturated heterocycles. The van der Waals surface area contributed by atoms with Crippen LogP contribution in [0.15, 0.2) is 24.3 Å². The summed E-state index contributed by atoms with van der Waals surface area (Å²) in [4.78, 5) is 0. The lowest BCUT2D eigenvalue weighted by atomic mass is 10.1. The molecule has 2 heteroatoms. The van der Waals surface area contributed by atoms with Crippen molar-refractivity contribution in [1.29, 1.82) is 0 Å². The predicted molar refractivity (Wildman–Crippen MR) is 73.5 cm³/mol. The van der Waals surface area contributed by atoms with Crippen LogP contribution in [0.1, 0.15) is 52.6 Å². The van der Waals surface area contributed by atoms with E-state index < -0.39 is 0 Å². The Bertz CT molecular complexity index is 318. The number of hydrogen-bond acceptors (Lipinski definition) is 2. The van der Waals surface area contributed by atoms with Crippen molar-refractivity contribution < 1.29 is 4.74 Å². The Hall–Kier alpha value is -1.02. The van der Waals surface area contributed by atoms with Gasteiger partial charge in [-0.05, 0) is 51.8 Å². The summed E-state index contributed by atoms with van der Waals surface area (Å²) in [5, 5.41) is 3.57. The van der Waals surface area contributed by atoms with Crippen molar-refractivity contribution >= 4 is 0 Å². The molecule has 1 N–H and O–H groups in total. The van der Waals surface area contributed by atoms with E-state index >= 15 is 0 Å². The van der Waals surface area contributed by atoms with Gasteiger partial charge in [0.25, 0.3) is 0 Å². The van der Waals surface area contributed by atoms with Gasteiger partial charge >= 0.3 is 0 Å². The minimum atomic E-state index is 0.233. The van der Waals surface area contributed by atoms with Crippen LogP contribution in [-0.4, -0.2) is 12.1 Å². The molecule has 0 spiro atoms. The minimum absolute atomic E-state index is 0.233. The smallest absolute Gasteiger partial charge is 0.119 e. The van der Waals surface area contributed by atoms with Gasteiger partial charge in [0.05, 0.1) is 6.10 Å². The molecule has 0 fully saturated rings. The lowest BCUT2D eigenvalue weighted by molar-refractivity contribution is 0.242. The van der Waals surface area contributed by atoms with Crippen LogP contribution in [0.4, 0.5) is 0 Å². The summed E-state index contributed by atoms with van der Waals surface area (Å²) in [6.45, 7) is 10.7. The maximum Gasteiger partial charge on any atom is 0.119 e. The summed E-state index contributed by atoms with van der Waals surface area (Å²) < 4.78 is 5.63. The molecule has 1 aromatic rings. The molecule has 0 aliphatic rings. The zero-order valence-electron chi connectivity index (χ0n) is 11.7. The highest BCUT2D eigenvalue weighted by Crippen LogP contribution is 2.19. The number of benzene rings is 1. The molecule has 0 bridgehead atoms. The fourth-order valence-electron chi connectivity index (χ4n) is 1.75. The van der Waals surface area contributed by atoms with Crippen molar-refractivity contribution in [3.63, 3.8) is 0 Å². The Labute approximate surface area is 105 Å². The molecular formula is C15H25NO. The topological polar surface area (TPSA) is 21.3 Å². The summed E-state index contributed by atoms with van der Waals surface area (Å²) in [5.74, 6) is 0.944. The van der Waals surface area contributed by atoms with Crippen molar-refractivity contribution in [2.24, 2.45) is 0 Å². The number of nitrogens with one attached hydrogen (secondary N) is 1. The van der Waals surface area contributed by atoms with Gasteiger partial charge in [0.2, 0.25) is 0 Å². The number of ether oxygens (including phenoxy) is 1. The van der Waals surface area contributed by atoms with Crippen LogP contribution in [-0.2, 0) is 0 Å². The Kier molecular flexibility index (Phi) is 5.49. The van der Waals surface area contributed by atoms with Crippen LogP contribution < -0.4 is 10.1 Å². The van der Waals surface area contributed by atoms with Crippen molar-refractivity contribution in [2.45, 2.75) is 59.2 Å². The first-order chi connectivity index (χ1) is 8.02. The van der Waals surface area contributed by atoms with E-state index in [9.17, 15) is 0 Å². The number of hydrogen-bond donors (Lipinski definition) is 1. The van der Waals surface area contributed by atoms with E-state index in [1.54, 1.807) is 0 Å². The van der Waals surface area contributed by atoms with Gasteiger partial charge in [0.1, 0.15) is 5.75 Å². The van der Waals surface area contributed by atoms with E-state index in [1.165, 1.54) is 5.56 Å². The molecule has 0 aromatic heterocycles. The average Bonchev–Trinajstić information content (AvgIpc) is 2.28. The second kappa shape index (κ2) is 6.65. The molecule has 0 radical (unpaired) electrons. The fraction of sp³-hybridized carbons (Fsp3) is 0.600. The maximum atomic E-state index is 5.63. The lowest BCUT2D eigenvalue weighted by Gasteiger charge is -2.19. The molecule has 1 aromatic carbocycles. The molecular weight excluding hydrogens is 210 g/mol. The average molecular weight is 235 g/mol. The van der Waals surface area contributed by atoms with Gasteiger partial charge in [0.15, 0.2) is 0 Å². The molecule has 17 heavy (non-hydrogen) atoms. The fourth-order valence-corrected chi connectivity index (χ4v) is 1.75. The van der Waals surface area contributed by atoms with Gasteiger partial charge in [-0.2, -0.15) is 0 Å². The van der Waals surface area contributed by atoms with Crippen LogP contribution in [0.5, 0.6) is 5.75 Å². The molecule has 96 valence electrons. The van der Waals surface area contributed by atoms with Crippen LogP contribution in [0.3, 0.4) is 0 Å². The Balaban J connectivity index is 2.60. The van der Waals surface area contributed by atoms with Crippen LogP contribution in [0.2, 0.25) is 0 Å². The Morgan fingerprint density at radius 3 is 2.12 bits per heavy atom. The zero-order chi connectivity index (χ0) is 12.8. The van der Waals surface area contributed by atoms with Crippen LogP contribution >= 0.6 is 0 Å².